The average Bonchev–Trinajstić information content (AvgIpc) is 3.33. The molecule has 2 aromatic heterocycles. The van der Waals surface area contributed by atoms with Crippen LogP contribution in [0.25, 0.3) is 0 Å². The van der Waals surface area contributed by atoms with E-state index in [0.29, 0.717) is 0 Å². The molecule has 0 amide bonds. The lowest BCUT2D eigenvalue weighted by Crippen LogP contribution is -1.93. The molecule has 0 saturated heterocycles. The van der Waals surface area contributed by atoms with E-state index >= 15 is 0 Å². The molecule has 0 aliphatic carbocycles. The first-order chi connectivity index (χ1) is 14.7. The summed E-state index contributed by atoms with van der Waals surface area (Å²) in [6, 6.07) is 0. The topological polar surface area (TPSA) is 0 Å². The maximum atomic E-state index is 3.39. The Morgan fingerprint density at radius 3 is 1.30 bits per heavy atom. The lowest BCUT2D eigenvalue weighted by Gasteiger charge is -2.04. The number of unbranched alkanes of at least 4 members (excludes halogenated alkanes) is 4. The molecule has 0 nitrogen and oxygen atoms in total. The van der Waals surface area contributed by atoms with Crippen molar-refractivity contribution in [1.29, 1.82) is 0 Å². The zero-order valence-electron chi connectivity index (χ0n) is 19.5. The Hall–Kier alpha value is -1.48. The molecule has 0 atom stereocenters. The Morgan fingerprint density at radius 2 is 0.933 bits per heavy atom. The van der Waals surface area contributed by atoms with Crippen molar-refractivity contribution in [3.05, 3.63) is 42.8 Å². The fraction of sp³-hybridized carbons (Fsp3) is 0.571. The molecule has 0 radical (unpaired) electrons. The van der Waals surface area contributed by atoms with Crippen LogP contribution in [0.3, 0.4) is 0 Å². The van der Waals surface area contributed by atoms with Gasteiger partial charge in [-0.2, -0.15) is 0 Å². The molecular formula is C28H38S2. The van der Waals surface area contributed by atoms with Gasteiger partial charge in [0.1, 0.15) is 0 Å². The first-order valence-corrected chi connectivity index (χ1v) is 13.7. The predicted octanol–water partition coefficient (Wildman–Crippen LogP) is 8.58. The summed E-state index contributed by atoms with van der Waals surface area (Å²) in [7, 11) is 0. The number of hydrogen-bond acceptors (Lipinski definition) is 2. The van der Waals surface area contributed by atoms with Crippen LogP contribution in [0.15, 0.2) is 10.8 Å². The van der Waals surface area contributed by atoms with E-state index in [9.17, 15) is 0 Å². The molecule has 0 unspecified atom stereocenters. The van der Waals surface area contributed by atoms with Crippen molar-refractivity contribution in [3.8, 4) is 23.7 Å². The minimum Gasteiger partial charge on any atom is -0.135 e. The first-order valence-electron chi connectivity index (χ1n) is 11.9. The first kappa shape index (κ1) is 24.8. The molecule has 2 heterocycles. The van der Waals surface area contributed by atoms with Gasteiger partial charge in [-0.05, 0) is 108 Å². The summed E-state index contributed by atoms with van der Waals surface area (Å²) in [5.74, 6) is 13.1. The second kappa shape index (κ2) is 14.5. The maximum Gasteiger partial charge on any atom is 0.0813 e. The number of hydrogen-bond donors (Lipinski definition) is 0. The Labute approximate surface area is 193 Å². The molecule has 0 aliphatic heterocycles. The summed E-state index contributed by atoms with van der Waals surface area (Å²) in [6.07, 6.45) is 14.7. The van der Waals surface area contributed by atoms with E-state index < -0.39 is 0 Å². The van der Waals surface area contributed by atoms with E-state index in [4.69, 9.17) is 0 Å². The average molecular weight is 439 g/mol. The van der Waals surface area contributed by atoms with Crippen LogP contribution in [-0.4, -0.2) is 0 Å². The summed E-state index contributed by atoms with van der Waals surface area (Å²) >= 11 is 3.62. The van der Waals surface area contributed by atoms with Crippen molar-refractivity contribution >= 4 is 22.7 Å². The number of aryl methyl sites for hydroxylation is 2. The fourth-order valence-corrected chi connectivity index (χ4v) is 5.64. The molecule has 0 spiro atoms. The lowest BCUT2D eigenvalue weighted by molar-refractivity contribution is 0.761. The molecule has 30 heavy (non-hydrogen) atoms. The van der Waals surface area contributed by atoms with Crippen LogP contribution >= 0.6 is 22.7 Å². The molecule has 2 aromatic rings. The van der Waals surface area contributed by atoms with Crippen LogP contribution in [-0.2, 0) is 25.7 Å². The van der Waals surface area contributed by atoms with Crippen molar-refractivity contribution in [2.75, 3.05) is 0 Å². The molecule has 2 rings (SSSR count). The Bertz CT molecular complexity index is 799. The minimum atomic E-state index is 1.16. The minimum absolute atomic E-state index is 1.16. The fourth-order valence-electron chi connectivity index (χ4n) is 3.63. The van der Waals surface area contributed by atoms with Crippen molar-refractivity contribution < 1.29 is 0 Å². The highest BCUT2D eigenvalue weighted by Crippen LogP contribution is 2.26. The SMILES string of the molecule is CCCCc1csc(C#CC#Cc2scc(CCCC)c2CCCC)c1CCCC. The molecular weight excluding hydrogens is 400 g/mol. The standard InChI is InChI=1S/C28H38S2/c1-5-9-15-23-21-29-27(25(23)17-11-7-3)19-13-14-20-28-26(18-12-8-4)24(22-30-28)16-10-6-2/h21-22H,5-12,15-18H2,1-4H3. The van der Waals surface area contributed by atoms with Gasteiger partial charge in [0.2, 0.25) is 0 Å². The van der Waals surface area contributed by atoms with Crippen molar-refractivity contribution in [2.45, 2.75) is 105 Å². The highest BCUT2D eigenvalue weighted by Gasteiger charge is 2.10. The van der Waals surface area contributed by atoms with E-state index in [2.05, 4.69) is 62.1 Å². The third kappa shape index (κ3) is 7.65. The van der Waals surface area contributed by atoms with Crippen molar-refractivity contribution in [2.24, 2.45) is 0 Å². The predicted molar refractivity (Wildman–Crippen MR) is 137 cm³/mol. The molecule has 0 aromatic carbocycles. The van der Waals surface area contributed by atoms with E-state index in [-0.39, 0.29) is 0 Å². The second-order valence-electron chi connectivity index (χ2n) is 8.05. The third-order valence-corrected chi connectivity index (χ3v) is 7.51. The van der Waals surface area contributed by atoms with Crippen LogP contribution in [0.1, 0.15) is 111 Å². The van der Waals surface area contributed by atoms with E-state index in [1.54, 1.807) is 0 Å². The van der Waals surface area contributed by atoms with Gasteiger partial charge in [-0.15, -0.1) is 22.7 Å². The third-order valence-electron chi connectivity index (χ3n) is 5.54. The normalized spacial score (nSPS) is 10.4. The molecule has 0 fully saturated rings. The van der Waals surface area contributed by atoms with Crippen LogP contribution < -0.4 is 0 Å². The van der Waals surface area contributed by atoms with Gasteiger partial charge in [-0.1, -0.05) is 53.4 Å². The van der Waals surface area contributed by atoms with Gasteiger partial charge in [-0.3, -0.25) is 0 Å². The maximum absolute atomic E-state index is 3.39. The summed E-state index contributed by atoms with van der Waals surface area (Å²) in [5, 5.41) is 4.67. The molecule has 162 valence electrons. The lowest BCUT2D eigenvalue weighted by atomic mass is 10.0. The summed E-state index contributed by atoms with van der Waals surface area (Å²) < 4.78 is 0. The van der Waals surface area contributed by atoms with E-state index in [0.717, 1.165) is 12.8 Å². The molecule has 0 N–H and O–H groups in total. The highest BCUT2D eigenvalue weighted by molar-refractivity contribution is 7.11. The largest absolute Gasteiger partial charge is 0.135 e. The number of rotatable bonds is 12. The van der Waals surface area contributed by atoms with Gasteiger partial charge >= 0.3 is 0 Å². The quantitative estimate of drug-likeness (QED) is 0.291. The highest BCUT2D eigenvalue weighted by atomic mass is 32.1. The zero-order valence-corrected chi connectivity index (χ0v) is 21.1. The van der Waals surface area contributed by atoms with Crippen molar-refractivity contribution in [1.82, 2.24) is 0 Å². The van der Waals surface area contributed by atoms with Crippen LogP contribution in [0.4, 0.5) is 0 Å². The molecule has 0 aliphatic rings. The summed E-state index contributed by atoms with van der Waals surface area (Å²) in [5.41, 5.74) is 6.03. The van der Waals surface area contributed by atoms with Crippen LogP contribution in [0.2, 0.25) is 0 Å². The Kier molecular flexibility index (Phi) is 12.0. The van der Waals surface area contributed by atoms with Crippen molar-refractivity contribution in [3.63, 3.8) is 0 Å². The summed E-state index contributed by atoms with van der Waals surface area (Å²) in [6.45, 7) is 9.06. The Morgan fingerprint density at radius 1 is 0.567 bits per heavy atom. The van der Waals surface area contributed by atoms with Crippen LogP contribution in [0.5, 0.6) is 0 Å². The van der Waals surface area contributed by atoms with Gasteiger partial charge in [0.05, 0.1) is 9.75 Å². The van der Waals surface area contributed by atoms with E-state index in [1.807, 2.05) is 22.7 Å². The monoisotopic (exact) mass is 438 g/mol. The molecule has 2 heteroatoms. The van der Waals surface area contributed by atoms with Gasteiger partial charge in [0.15, 0.2) is 0 Å². The number of thiophene rings is 2. The van der Waals surface area contributed by atoms with Gasteiger partial charge in [-0.25, -0.2) is 0 Å². The van der Waals surface area contributed by atoms with E-state index in [1.165, 1.54) is 96.2 Å². The Balaban J connectivity index is 2.19. The van der Waals surface area contributed by atoms with Gasteiger partial charge in [0, 0.05) is 0 Å². The smallest absolute Gasteiger partial charge is 0.0813 e. The molecule has 0 saturated carbocycles. The second-order valence-corrected chi connectivity index (χ2v) is 9.81. The summed E-state index contributed by atoms with van der Waals surface area (Å²) in [4.78, 5) is 2.48. The van der Waals surface area contributed by atoms with Gasteiger partial charge in [0.25, 0.3) is 0 Å². The molecule has 0 bridgehead atoms. The van der Waals surface area contributed by atoms with Gasteiger partial charge < -0.3 is 0 Å². The zero-order chi connectivity index (χ0) is 21.6. The van der Waals surface area contributed by atoms with Crippen LogP contribution in [0, 0.1) is 23.7 Å².